The van der Waals surface area contributed by atoms with E-state index >= 15 is 0 Å². The Morgan fingerprint density at radius 1 is 1.60 bits per heavy atom. The normalized spacial score (nSPS) is 36.3. The zero-order valence-electron chi connectivity index (χ0n) is 6.51. The molecule has 0 aromatic carbocycles. The maximum Gasteiger partial charge on any atom is 0.0599 e. The monoisotopic (exact) mass is 163 g/mol. The molecule has 0 saturated carbocycles. The van der Waals surface area contributed by atoms with Crippen LogP contribution in [0.2, 0.25) is 0 Å². The second-order valence-electron chi connectivity index (χ2n) is 2.85. The lowest BCUT2D eigenvalue weighted by Crippen LogP contribution is -2.37. The molecule has 0 aromatic rings. The first-order valence-electron chi connectivity index (χ1n) is 3.69. The highest BCUT2D eigenvalue weighted by atomic mass is 35.5. The molecule has 1 rings (SSSR count). The van der Waals surface area contributed by atoms with Crippen LogP contribution in [0.5, 0.6) is 0 Å². The lowest BCUT2D eigenvalue weighted by atomic mass is 10.0. The highest BCUT2D eigenvalue weighted by Crippen LogP contribution is 2.20. The lowest BCUT2D eigenvalue weighted by Gasteiger charge is -2.31. The summed E-state index contributed by atoms with van der Waals surface area (Å²) in [5.41, 5.74) is 0. The molecule has 1 fully saturated rings. The van der Waals surface area contributed by atoms with Crippen LogP contribution < -0.4 is 0 Å². The van der Waals surface area contributed by atoms with Crippen molar-refractivity contribution < 1.29 is 4.74 Å². The van der Waals surface area contributed by atoms with Gasteiger partial charge in [-0.15, -0.1) is 0 Å². The van der Waals surface area contributed by atoms with Gasteiger partial charge in [0, 0.05) is 19.7 Å². The first-order chi connectivity index (χ1) is 4.74. The summed E-state index contributed by atoms with van der Waals surface area (Å²) in [6.45, 7) is 3.07. The Bertz CT molecular complexity index is 110. The molecule has 10 heavy (non-hydrogen) atoms. The van der Waals surface area contributed by atoms with Crippen molar-refractivity contribution in [2.24, 2.45) is 0 Å². The zero-order chi connectivity index (χ0) is 7.56. The third kappa shape index (κ3) is 1.84. The third-order valence-electron chi connectivity index (χ3n) is 2.08. The molecule has 1 saturated heterocycles. The van der Waals surface area contributed by atoms with E-state index in [2.05, 4.69) is 6.92 Å². The largest absolute Gasteiger partial charge is 0.381 e. The summed E-state index contributed by atoms with van der Waals surface area (Å²) in [4.78, 5) is 0. The molecule has 0 radical (unpaired) electrons. The second kappa shape index (κ2) is 3.56. The van der Waals surface area contributed by atoms with Gasteiger partial charge in [-0.2, -0.15) is 0 Å². The number of methoxy groups -OCH3 is 1. The van der Waals surface area contributed by atoms with Crippen LogP contribution in [0.1, 0.15) is 19.8 Å². The van der Waals surface area contributed by atoms with Gasteiger partial charge in [-0.25, -0.2) is 4.42 Å². The van der Waals surface area contributed by atoms with Crippen LogP contribution >= 0.6 is 11.8 Å². The Hall–Kier alpha value is 0.210. The van der Waals surface area contributed by atoms with Gasteiger partial charge >= 0.3 is 0 Å². The summed E-state index contributed by atoms with van der Waals surface area (Å²) in [6.07, 6.45) is 2.54. The van der Waals surface area contributed by atoms with Gasteiger partial charge in [0.25, 0.3) is 0 Å². The zero-order valence-corrected chi connectivity index (χ0v) is 7.27. The Labute approximate surface area is 67.2 Å². The van der Waals surface area contributed by atoms with E-state index in [4.69, 9.17) is 16.5 Å². The molecule has 1 aliphatic heterocycles. The average molecular weight is 164 g/mol. The van der Waals surface area contributed by atoms with Crippen LogP contribution in [-0.4, -0.2) is 30.2 Å². The van der Waals surface area contributed by atoms with E-state index in [1.165, 1.54) is 0 Å². The summed E-state index contributed by atoms with van der Waals surface area (Å²) in [7, 11) is 1.77. The fourth-order valence-corrected chi connectivity index (χ4v) is 1.49. The second-order valence-corrected chi connectivity index (χ2v) is 3.29. The minimum atomic E-state index is 0.421. The van der Waals surface area contributed by atoms with Crippen molar-refractivity contribution in [2.45, 2.75) is 31.9 Å². The van der Waals surface area contributed by atoms with Gasteiger partial charge in [-0.3, -0.25) is 0 Å². The van der Waals surface area contributed by atoms with Gasteiger partial charge in [-0.05, 0) is 31.5 Å². The molecule has 0 N–H and O–H groups in total. The molecule has 0 spiro atoms. The molecule has 2 nitrogen and oxygen atoms in total. The molecule has 0 aliphatic carbocycles. The molecular weight excluding hydrogens is 150 g/mol. The van der Waals surface area contributed by atoms with Gasteiger partial charge in [0.1, 0.15) is 0 Å². The van der Waals surface area contributed by atoms with E-state index in [0.29, 0.717) is 12.1 Å². The first-order valence-corrected chi connectivity index (χ1v) is 4.03. The van der Waals surface area contributed by atoms with Crippen LogP contribution in [0.3, 0.4) is 0 Å². The highest BCUT2D eigenvalue weighted by Gasteiger charge is 2.23. The molecule has 0 amide bonds. The maximum atomic E-state index is 5.87. The van der Waals surface area contributed by atoms with E-state index in [0.717, 1.165) is 19.4 Å². The van der Waals surface area contributed by atoms with Crippen LogP contribution in [0, 0.1) is 0 Å². The Morgan fingerprint density at radius 3 is 2.80 bits per heavy atom. The number of hydrogen-bond donors (Lipinski definition) is 0. The fraction of sp³-hybridized carbons (Fsp3) is 1.00. The van der Waals surface area contributed by atoms with E-state index in [1.54, 1.807) is 7.11 Å². The quantitative estimate of drug-likeness (QED) is 0.545. The Morgan fingerprint density at radius 2 is 2.30 bits per heavy atom. The van der Waals surface area contributed by atoms with Crippen LogP contribution in [-0.2, 0) is 4.74 Å². The molecule has 1 heterocycles. The van der Waals surface area contributed by atoms with E-state index in [1.807, 2.05) is 4.42 Å². The lowest BCUT2D eigenvalue weighted by molar-refractivity contribution is 0.0428. The maximum absolute atomic E-state index is 5.87. The molecule has 1 aliphatic rings. The number of halogens is 1. The number of ether oxygens (including phenoxy) is 1. The highest BCUT2D eigenvalue weighted by molar-refractivity contribution is 6.13. The van der Waals surface area contributed by atoms with Crippen LogP contribution in [0.15, 0.2) is 0 Å². The molecule has 3 heteroatoms. The van der Waals surface area contributed by atoms with Crippen molar-refractivity contribution in [2.75, 3.05) is 13.7 Å². The molecule has 0 unspecified atom stereocenters. The Kier molecular flexibility index (Phi) is 2.96. The third-order valence-corrected chi connectivity index (χ3v) is 2.58. The van der Waals surface area contributed by atoms with Crippen molar-refractivity contribution in [3.8, 4) is 0 Å². The Balaban J connectivity index is 2.33. The minimum Gasteiger partial charge on any atom is -0.381 e. The number of hydrogen-bond acceptors (Lipinski definition) is 2. The van der Waals surface area contributed by atoms with Gasteiger partial charge < -0.3 is 4.74 Å². The smallest absolute Gasteiger partial charge is 0.0599 e. The van der Waals surface area contributed by atoms with Gasteiger partial charge in [0.05, 0.1) is 6.10 Å². The van der Waals surface area contributed by atoms with Crippen LogP contribution in [0.25, 0.3) is 0 Å². The summed E-state index contributed by atoms with van der Waals surface area (Å²) in [6, 6.07) is 0.459. The summed E-state index contributed by atoms with van der Waals surface area (Å²) >= 11 is 5.87. The fourth-order valence-electron chi connectivity index (χ4n) is 1.31. The summed E-state index contributed by atoms with van der Waals surface area (Å²) < 4.78 is 7.08. The topological polar surface area (TPSA) is 12.5 Å². The van der Waals surface area contributed by atoms with Crippen molar-refractivity contribution in [1.29, 1.82) is 0 Å². The van der Waals surface area contributed by atoms with Crippen molar-refractivity contribution >= 4 is 11.8 Å². The SMILES string of the molecule is CO[C@@H]1CCN(Cl)[C@H](C)C1. The molecule has 0 aromatic heterocycles. The molecule has 2 atom stereocenters. The van der Waals surface area contributed by atoms with Crippen molar-refractivity contribution in [3.05, 3.63) is 0 Å². The van der Waals surface area contributed by atoms with Crippen LogP contribution in [0.4, 0.5) is 0 Å². The van der Waals surface area contributed by atoms with E-state index < -0.39 is 0 Å². The average Bonchev–Trinajstić information content (AvgIpc) is 1.95. The van der Waals surface area contributed by atoms with Crippen molar-refractivity contribution in [3.63, 3.8) is 0 Å². The molecule has 0 bridgehead atoms. The van der Waals surface area contributed by atoms with Gasteiger partial charge in [-0.1, -0.05) is 0 Å². The molecule has 60 valence electrons. The predicted octanol–water partition coefficient (Wildman–Crippen LogP) is 1.64. The van der Waals surface area contributed by atoms with Gasteiger partial charge in [0.2, 0.25) is 0 Å². The standard InChI is InChI=1S/C7H14ClNO/c1-6-5-7(10-2)3-4-9(6)8/h6-7H,3-5H2,1-2H3/t6-,7-/m1/s1. The summed E-state index contributed by atoms with van der Waals surface area (Å²) in [5.74, 6) is 0. The van der Waals surface area contributed by atoms with Crippen molar-refractivity contribution in [1.82, 2.24) is 4.42 Å². The predicted molar refractivity (Wildman–Crippen MR) is 42.1 cm³/mol. The number of nitrogens with zero attached hydrogens (tertiary/aromatic N) is 1. The van der Waals surface area contributed by atoms with E-state index in [9.17, 15) is 0 Å². The molecular formula is C7H14ClNO. The first kappa shape index (κ1) is 8.31. The van der Waals surface area contributed by atoms with Gasteiger partial charge in [0.15, 0.2) is 0 Å². The number of rotatable bonds is 1. The summed E-state index contributed by atoms with van der Waals surface area (Å²) in [5, 5.41) is 0. The number of piperidine rings is 1. The van der Waals surface area contributed by atoms with E-state index in [-0.39, 0.29) is 0 Å². The minimum absolute atomic E-state index is 0.421.